The maximum absolute atomic E-state index is 10.7. The third-order valence-corrected chi connectivity index (χ3v) is 14.0. The molecule has 0 aliphatic carbocycles. The summed E-state index contributed by atoms with van der Waals surface area (Å²) in [7, 11) is 1.78. The third kappa shape index (κ3) is 11.2. The normalized spacial score (nSPS) is 8.32. The minimum Gasteiger partial charge on any atom is -0.481 e. The van der Waals surface area contributed by atoms with Crippen LogP contribution in [0, 0.1) is 0 Å². The number of hydrogen-bond acceptors (Lipinski definition) is 5. The van der Waals surface area contributed by atoms with Gasteiger partial charge in [-0.1, -0.05) is 0 Å². The Morgan fingerprint density at radius 3 is 2.37 bits per heavy atom. The molecule has 0 saturated heterocycles. The maximum atomic E-state index is 10.7. The fourth-order valence-corrected chi connectivity index (χ4v) is 9.76. The van der Waals surface area contributed by atoms with E-state index in [1.54, 1.807) is 20.4 Å². The van der Waals surface area contributed by atoms with Gasteiger partial charge in [-0.3, -0.25) is 4.79 Å². The van der Waals surface area contributed by atoms with Crippen molar-refractivity contribution in [3.63, 3.8) is 0 Å². The second-order valence-electron chi connectivity index (χ2n) is 3.18. The van der Waals surface area contributed by atoms with E-state index in [0.717, 1.165) is 4.90 Å². The molecule has 0 saturated carbocycles. The van der Waals surface area contributed by atoms with Crippen molar-refractivity contribution in [2.75, 3.05) is 5.75 Å². The Balaban J connectivity index is 0. The predicted octanol–water partition coefficient (Wildman–Crippen LogP) is -1.42. The van der Waals surface area contributed by atoms with Gasteiger partial charge in [-0.2, -0.15) is 12.6 Å². The molecule has 1 rings (SSSR count). The van der Waals surface area contributed by atoms with Gasteiger partial charge in [0.2, 0.25) is 0 Å². The van der Waals surface area contributed by atoms with Crippen molar-refractivity contribution >= 4 is 32.8 Å². The molecule has 1 N–H and O–H groups in total. The summed E-state index contributed by atoms with van der Waals surface area (Å²) < 4.78 is 1.26. The summed E-state index contributed by atoms with van der Waals surface area (Å²) in [6.45, 7) is 2.16. The van der Waals surface area contributed by atoms with Crippen molar-refractivity contribution in [1.29, 1.82) is 0 Å². The summed E-state index contributed by atoms with van der Waals surface area (Å²) in [5.41, 5.74) is 0.348. The van der Waals surface area contributed by atoms with Gasteiger partial charge in [-0.15, -0.1) is 0 Å². The molecule has 8 heteroatoms. The molecule has 0 amide bonds. The average Bonchev–Trinajstić information content (AvgIpc) is 2.37. The number of carboxylic acids is 2. The zero-order valence-electron chi connectivity index (χ0n) is 11.0. The van der Waals surface area contributed by atoms with Crippen LogP contribution in [0.4, 0.5) is 0 Å². The number of aromatic carboxylic acids is 1. The van der Waals surface area contributed by atoms with Crippen molar-refractivity contribution in [3.8, 4) is 0 Å². The molecule has 19 heavy (non-hydrogen) atoms. The molecule has 0 heterocycles. The SMILES string of the molecule is C[CH2][Hg][S]c1ccccc1C(=O)[O-].O=C(O)CS.[Na+]. The van der Waals surface area contributed by atoms with Gasteiger partial charge >= 0.3 is 128 Å². The Morgan fingerprint density at radius 1 is 1.42 bits per heavy atom. The van der Waals surface area contributed by atoms with Gasteiger partial charge in [0.25, 0.3) is 0 Å². The van der Waals surface area contributed by atoms with Gasteiger partial charge in [0, 0.05) is 0 Å². The molecular formula is C11H13HgNaO4S2. The number of carbonyl (C=O) groups excluding carboxylic acids is 1. The molecule has 1 aromatic carbocycles. The molecule has 0 unspecified atom stereocenters. The van der Waals surface area contributed by atoms with Crippen LogP contribution < -0.4 is 34.7 Å². The average molecular weight is 497 g/mol. The van der Waals surface area contributed by atoms with Crippen molar-refractivity contribution in [3.05, 3.63) is 29.8 Å². The second kappa shape index (κ2) is 13.8. The van der Waals surface area contributed by atoms with E-state index in [0.29, 0.717) is 5.56 Å². The van der Waals surface area contributed by atoms with Crippen LogP contribution >= 0.6 is 20.9 Å². The number of carbonyl (C=O) groups is 2. The quantitative estimate of drug-likeness (QED) is 0.387. The summed E-state index contributed by atoms with van der Waals surface area (Å²) in [4.78, 5) is 20.9. The van der Waals surface area contributed by atoms with Crippen LogP contribution in [0.3, 0.4) is 0 Å². The Kier molecular flexibility index (Phi) is 16.0. The monoisotopic (exact) mass is 498 g/mol. The van der Waals surface area contributed by atoms with E-state index in [1.165, 1.54) is 3.93 Å². The number of thiol groups is 1. The number of benzene rings is 1. The number of hydrogen-bond donors (Lipinski definition) is 2. The summed E-state index contributed by atoms with van der Waals surface area (Å²) in [5.74, 6) is -2.03. The number of carboxylic acid groups (broad SMARTS) is 2. The summed E-state index contributed by atoms with van der Waals surface area (Å²) in [5, 5.41) is 18.3. The fraction of sp³-hybridized carbons (Fsp3) is 0.273. The molecule has 0 fully saturated rings. The smallest absolute Gasteiger partial charge is 0.481 e. The van der Waals surface area contributed by atoms with E-state index in [-0.39, 0.29) is 35.3 Å². The minimum absolute atomic E-state index is 0. The first-order valence-electron chi connectivity index (χ1n) is 5.28. The van der Waals surface area contributed by atoms with Crippen molar-refractivity contribution in [1.82, 2.24) is 0 Å². The van der Waals surface area contributed by atoms with Gasteiger partial charge in [0.15, 0.2) is 0 Å². The van der Waals surface area contributed by atoms with Crippen LogP contribution in [-0.4, -0.2) is 22.8 Å². The van der Waals surface area contributed by atoms with Crippen LogP contribution in [0.1, 0.15) is 17.3 Å². The minimum atomic E-state index is -1.06. The molecule has 0 atom stereocenters. The van der Waals surface area contributed by atoms with E-state index in [4.69, 9.17) is 5.11 Å². The zero-order valence-corrected chi connectivity index (χ0v) is 20.2. The molecule has 0 aromatic heterocycles. The topological polar surface area (TPSA) is 77.4 Å². The molecule has 1 aromatic rings. The Labute approximate surface area is 155 Å². The Morgan fingerprint density at radius 2 is 1.95 bits per heavy atom. The van der Waals surface area contributed by atoms with Crippen LogP contribution in [-0.2, 0) is 27.9 Å². The van der Waals surface area contributed by atoms with Crippen molar-refractivity contribution < 1.29 is 72.4 Å². The summed E-state index contributed by atoms with van der Waals surface area (Å²) in [6, 6.07) is 7.09. The van der Waals surface area contributed by atoms with Crippen molar-refractivity contribution in [2.45, 2.75) is 15.7 Å². The molecule has 0 spiro atoms. The van der Waals surface area contributed by atoms with E-state index in [1.807, 2.05) is 12.1 Å². The molecular weight excluding hydrogens is 484 g/mol. The first kappa shape index (κ1) is 22.1. The van der Waals surface area contributed by atoms with Gasteiger partial charge in [-0.25, -0.2) is 0 Å². The maximum Gasteiger partial charge on any atom is 1.00 e. The Hall–Kier alpha value is 0.795. The molecule has 0 aliphatic rings. The van der Waals surface area contributed by atoms with Gasteiger partial charge < -0.3 is 5.11 Å². The number of rotatable bonds is 5. The molecule has 4 nitrogen and oxygen atoms in total. The predicted molar refractivity (Wildman–Crippen MR) is 68.6 cm³/mol. The summed E-state index contributed by atoms with van der Waals surface area (Å²) in [6.07, 6.45) is 0. The van der Waals surface area contributed by atoms with E-state index in [9.17, 15) is 14.7 Å². The van der Waals surface area contributed by atoms with Crippen LogP contribution in [0.25, 0.3) is 0 Å². The molecule has 0 radical (unpaired) electrons. The third-order valence-electron chi connectivity index (χ3n) is 1.70. The Bertz CT molecular complexity index is 404. The fourth-order valence-electron chi connectivity index (χ4n) is 0.973. The molecule has 0 bridgehead atoms. The first-order valence-corrected chi connectivity index (χ1v) is 17.5. The summed E-state index contributed by atoms with van der Waals surface area (Å²) >= 11 is 2.53. The second-order valence-corrected chi connectivity index (χ2v) is 16.7. The van der Waals surface area contributed by atoms with Gasteiger partial charge in [0.05, 0.1) is 5.75 Å². The molecule has 0 aliphatic heterocycles. The van der Waals surface area contributed by atoms with Crippen molar-refractivity contribution in [2.24, 2.45) is 0 Å². The van der Waals surface area contributed by atoms with Crippen LogP contribution in [0.15, 0.2) is 29.2 Å². The van der Waals surface area contributed by atoms with Crippen LogP contribution in [0.5, 0.6) is 0 Å². The van der Waals surface area contributed by atoms with E-state index in [2.05, 4.69) is 19.6 Å². The molecule has 96 valence electrons. The largest absolute Gasteiger partial charge is 1.00 e. The van der Waals surface area contributed by atoms with Crippen LogP contribution in [0.2, 0.25) is 3.93 Å². The first-order chi connectivity index (χ1) is 8.52. The van der Waals surface area contributed by atoms with Gasteiger partial charge in [-0.05, 0) is 0 Å². The van der Waals surface area contributed by atoms with E-state index < -0.39 is 35.0 Å². The van der Waals surface area contributed by atoms with Gasteiger partial charge in [0.1, 0.15) is 0 Å². The number of aliphatic carboxylic acids is 1. The van der Waals surface area contributed by atoms with E-state index >= 15 is 0 Å². The standard InChI is InChI=1S/C7H6O2S.C2H4O2S.C2H5.Hg.Na/c8-7(9)5-3-1-2-4-6(5)10;3-2(4)1-5;1-2;;/h1-4,10H,(H,8,9);5H,1H2,(H,3,4);1H2,2H3;;/q;;;2*+1/p-2. The zero-order chi connectivity index (χ0) is 14.0.